The summed E-state index contributed by atoms with van der Waals surface area (Å²) in [4.78, 5) is 34.6. The van der Waals surface area contributed by atoms with E-state index in [-0.39, 0.29) is 17.1 Å². The third kappa shape index (κ3) is 5.40. The Kier molecular flexibility index (Phi) is 6.69. The van der Waals surface area contributed by atoms with Crippen molar-refractivity contribution in [3.63, 3.8) is 0 Å². The number of rotatable bonds is 7. The van der Waals surface area contributed by atoms with Gasteiger partial charge in [0.15, 0.2) is 0 Å². The molecule has 2 aromatic carbocycles. The fourth-order valence-corrected chi connectivity index (χ4v) is 2.19. The number of halogens is 1. The number of methoxy groups -OCH3 is 1. The van der Waals surface area contributed by atoms with Gasteiger partial charge in [0.2, 0.25) is 5.91 Å². The standard InChI is InChI=1S/C17H17ClN4O5/c1-10(20-21-17(24)11-3-5-12(18)6-4-11)16(23)19-14-9-13(22(25)26)7-8-15(14)27-2/h3-10,20H,1-2H3,(H,19,23)(H,21,24)/t10-/m1/s1. The molecule has 0 saturated heterocycles. The van der Waals surface area contributed by atoms with Crippen LogP contribution in [-0.2, 0) is 4.79 Å². The summed E-state index contributed by atoms with van der Waals surface area (Å²) >= 11 is 5.77. The normalized spacial score (nSPS) is 11.4. The minimum Gasteiger partial charge on any atom is -0.495 e. The highest BCUT2D eigenvalue weighted by atomic mass is 35.5. The van der Waals surface area contributed by atoms with Gasteiger partial charge in [0.1, 0.15) is 11.8 Å². The highest BCUT2D eigenvalue weighted by molar-refractivity contribution is 6.30. The Hall–Kier alpha value is -3.17. The van der Waals surface area contributed by atoms with Crippen LogP contribution in [-0.4, -0.2) is 29.9 Å². The SMILES string of the molecule is COc1ccc([N+](=O)[O-])cc1NC(=O)[C@@H](C)NNC(=O)c1ccc(Cl)cc1. The Bertz CT molecular complexity index is 857. The average molecular weight is 393 g/mol. The van der Waals surface area contributed by atoms with Gasteiger partial charge in [-0.05, 0) is 37.3 Å². The summed E-state index contributed by atoms with van der Waals surface area (Å²) in [6, 6.07) is 9.23. The van der Waals surface area contributed by atoms with E-state index >= 15 is 0 Å². The highest BCUT2D eigenvalue weighted by Crippen LogP contribution is 2.28. The molecule has 0 aliphatic rings. The number of benzene rings is 2. The summed E-state index contributed by atoms with van der Waals surface area (Å²) in [6.07, 6.45) is 0. The molecule has 2 rings (SSSR count). The maximum Gasteiger partial charge on any atom is 0.271 e. The lowest BCUT2D eigenvalue weighted by atomic mass is 10.2. The van der Waals surface area contributed by atoms with Crippen molar-refractivity contribution < 1.29 is 19.2 Å². The van der Waals surface area contributed by atoms with E-state index in [0.29, 0.717) is 10.6 Å². The summed E-state index contributed by atoms with van der Waals surface area (Å²) in [7, 11) is 1.38. The first-order valence-corrected chi connectivity index (χ1v) is 8.14. The number of hydrogen-bond donors (Lipinski definition) is 3. The van der Waals surface area contributed by atoms with E-state index in [9.17, 15) is 19.7 Å². The predicted octanol–water partition coefficient (Wildman–Crippen LogP) is 2.52. The molecule has 0 aromatic heterocycles. The zero-order valence-corrected chi connectivity index (χ0v) is 15.2. The third-order valence-electron chi connectivity index (χ3n) is 3.55. The van der Waals surface area contributed by atoms with Gasteiger partial charge < -0.3 is 10.1 Å². The molecule has 2 aromatic rings. The van der Waals surface area contributed by atoms with Gasteiger partial charge >= 0.3 is 0 Å². The van der Waals surface area contributed by atoms with E-state index in [1.165, 1.54) is 44.4 Å². The number of hydrogen-bond acceptors (Lipinski definition) is 6. The summed E-state index contributed by atoms with van der Waals surface area (Å²) in [6.45, 7) is 1.52. The molecule has 3 N–H and O–H groups in total. The molecule has 0 fully saturated rings. The lowest BCUT2D eigenvalue weighted by Crippen LogP contribution is -2.48. The number of nitro groups is 1. The molecule has 2 amide bonds. The minimum absolute atomic E-state index is 0.148. The Balaban J connectivity index is 1.99. The molecule has 0 unspecified atom stereocenters. The molecule has 0 aliphatic heterocycles. The van der Waals surface area contributed by atoms with Gasteiger partial charge in [0, 0.05) is 22.7 Å². The Morgan fingerprint density at radius 3 is 2.44 bits per heavy atom. The maximum absolute atomic E-state index is 12.3. The molecule has 0 aliphatic carbocycles. The van der Waals surface area contributed by atoms with Crippen LogP contribution in [0.4, 0.5) is 11.4 Å². The van der Waals surface area contributed by atoms with Gasteiger partial charge in [-0.25, -0.2) is 5.43 Å². The van der Waals surface area contributed by atoms with E-state index in [1.807, 2.05) is 0 Å². The number of amides is 2. The molecule has 10 heteroatoms. The van der Waals surface area contributed by atoms with Crippen molar-refractivity contribution in [2.75, 3.05) is 12.4 Å². The molecule has 0 heterocycles. The largest absolute Gasteiger partial charge is 0.495 e. The van der Waals surface area contributed by atoms with Crippen LogP contribution >= 0.6 is 11.6 Å². The summed E-state index contributed by atoms with van der Waals surface area (Å²) in [5.41, 5.74) is 5.30. The van der Waals surface area contributed by atoms with Crippen LogP contribution in [0.3, 0.4) is 0 Å². The first-order valence-electron chi connectivity index (χ1n) is 7.76. The van der Waals surface area contributed by atoms with Gasteiger partial charge in [0.05, 0.1) is 17.7 Å². The molecule has 27 heavy (non-hydrogen) atoms. The molecule has 0 bridgehead atoms. The van der Waals surface area contributed by atoms with Crippen LogP contribution in [0.1, 0.15) is 17.3 Å². The first kappa shape index (κ1) is 20.1. The maximum atomic E-state index is 12.3. The number of carbonyl (C=O) groups is 2. The zero-order valence-electron chi connectivity index (χ0n) is 14.5. The monoisotopic (exact) mass is 392 g/mol. The van der Waals surface area contributed by atoms with Gasteiger partial charge in [-0.3, -0.25) is 25.1 Å². The Morgan fingerprint density at radius 1 is 1.19 bits per heavy atom. The highest BCUT2D eigenvalue weighted by Gasteiger charge is 2.18. The van der Waals surface area contributed by atoms with Crippen molar-refractivity contribution in [2.24, 2.45) is 0 Å². The van der Waals surface area contributed by atoms with Crippen molar-refractivity contribution in [2.45, 2.75) is 13.0 Å². The van der Waals surface area contributed by atoms with Crippen LogP contribution < -0.4 is 20.9 Å². The van der Waals surface area contributed by atoms with Crippen LogP contribution in [0.2, 0.25) is 5.02 Å². The van der Waals surface area contributed by atoms with Crippen molar-refractivity contribution >= 4 is 34.8 Å². The fourth-order valence-electron chi connectivity index (χ4n) is 2.06. The van der Waals surface area contributed by atoms with E-state index < -0.39 is 22.8 Å². The number of hydrazine groups is 1. The molecular weight excluding hydrogens is 376 g/mol. The van der Waals surface area contributed by atoms with E-state index in [4.69, 9.17) is 16.3 Å². The lowest BCUT2D eigenvalue weighted by molar-refractivity contribution is -0.384. The molecule has 142 valence electrons. The number of carbonyl (C=O) groups excluding carboxylic acids is 2. The second-order valence-electron chi connectivity index (χ2n) is 5.46. The van der Waals surface area contributed by atoms with Gasteiger partial charge in [-0.15, -0.1) is 0 Å². The third-order valence-corrected chi connectivity index (χ3v) is 3.81. The quantitative estimate of drug-likeness (QED) is 0.491. The number of anilines is 1. The zero-order chi connectivity index (χ0) is 20.0. The molecule has 1 atom stereocenters. The number of nitrogens with one attached hydrogen (secondary N) is 3. The topological polar surface area (TPSA) is 123 Å². The Labute approximate surface area is 159 Å². The van der Waals surface area contributed by atoms with Gasteiger partial charge in [0.25, 0.3) is 11.6 Å². The van der Waals surface area contributed by atoms with E-state index in [0.717, 1.165) is 0 Å². The molecule has 9 nitrogen and oxygen atoms in total. The number of nitrogens with zero attached hydrogens (tertiary/aromatic N) is 1. The average Bonchev–Trinajstić information content (AvgIpc) is 2.66. The number of ether oxygens (including phenoxy) is 1. The number of non-ortho nitro benzene ring substituents is 1. The second-order valence-corrected chi connectivity index (χ2v) is 5.89. The van der Waals surface area contributed by atoms with E-state index in [2.05, 4.69) is 16.2 Å². The summed E-state index contributed by atoms with van der Waals surface area (Å²) in [5.74, 6) is -0.698. The molecule has 0 radical (unpaired) electrons. The predicted molar refractivity (Wildman–Crippen MR) is 99.8 cm³/mol. The van der Waals surface area contributed by atoms with Gasteiger partial charge in [-0.1, -0.05) is 11.6 Å². The van der Waals surface area contributed by atoms with Crippen LogP contribution in [0.5, 0.6) is 5.75 Å². The molecule has 0 spiro atoms. The van der Waals surface area contributed by atoms with Crippen molar-refractivity contribution in [1.29, 1.82) is 0 Å². The van der Waals surface area contributed by atoms with E-state index in [1.54, 1.807) is 12.1 Å². The first-order chi connectivity index (χ1) is 12.8. The summed E-state index contributed by atoms with van der Waals surface area (Å²) in [5, 5.41) is 13.9. The van der Waals surface area contributed by atoms with Crippen molar-refractivity contribution in [1.82, 2.24) is 10.9 Å². The second kappa shape index (κ2) is 8.97. The van der Waals surface area contributed by atoms with Crippen LogP contribution in [0.15, 0.2) is 42.5 Å². The summed E-state index contributed by atoms with van der Waals surface area (Å²) < 4.78 is 5.09. The fraction of sp³-hybridized carbons (Fsp3) is 0.176. The Morgan fingerprint density at radius 2 is 1.85 bits per heavy atom. The smallest absolute Gasteiger partial charge is 0.271 e. The van der Waals surface area contributed by atoms with Crippen molar-refractivity contribution in [3.05, 3.63) is 63.2 Å². The molecular formula is C17H17ClN4O5. The van der Waals surface area contributed by atoms with Crippen LogP contribution in [0.25, 0.3) is 0 Å². The number of nitro benzene ring substituents is 1. The van der Waals surface area contributed by atoms with Crippen LogP contribution in [0, 0.1) is 10.1 Å². The molecule has 0 saturated carbocycles. The van der Waals surface area contributed by atoms with Crippen molar-refractivity contribution in [3.8, 4) is 5.75 Å². The van der Waals surface area contributed by atoms with Gasteiger partial charge in [-0.2, -0.15) is 0 Å². The lowest BCUT2D eigenvalue weighted by Gasteiger charge is -2.16. The minimum atomic E-state index is -0.829.